The minimum atomic E-state index is -0.672. The summed E-state index contributed by atoms with van der Waals surface area (Å²) >= 11 is 0. The Bertz CT molecular complexity index is 845. The van der Waals surface area contributed by atoms with Crippen LogP contribution in [0.5, 0.6) is 0 Å². The number of carbonyl (C=O) groups is 2. The lowest BCUT2D eigenvalue weighted by Gasteiger charge is -2.34. The van der Waals surface area contributed by atoms with E-state index in [2.05, 4.69) is 42.9 Å². The Morgan fingerprint density at radius 2 is 1.79 bits per heavy atom. The summed E-state index contributed by atoms with van der Waals surface area (Å²) in [5.41, 5.74) is 1.51. The SMILES string of the molecule is CN1CCN(c2ccc(C(=O)N[C@@H](CC(C)(C)C)C(=O)N3CC[C@H]4OC[C@H](O)[C@H]43)cc2)CC1. The Balaban J connectivity index is 1.45. The van der Waals surface area contributed by atoms with E-state index < -0.39 is 12.1 Å². The Hall–Kier alpha value is -2.16. The Morgan fingerprint density at radius 3 is 2.42 bits per heavy atom. The van der Waals surface area contributed by atoms with E-state index in [9.17, 15) is 14.7 Å². The van der Waals surface area contributed by atoms with Crippen molar-refractivity contribution in [2.75, 3.05) is 51.3 Å². The van der Waals surface area contributed by atoms with Gasteiger partial charge >= 0.3 is 0 Å². The summed E-state index contributed by atoms with van der Waals surface area (Å²) in [6.45, 7) is 11.0. The predicted molar refractivity (Wildman–Crippen MR) is 127 cm³/mol. The van der Waals surface area contributed by atoms with Crippen LogP contribution >= 0.6 is 0 Å². The van der Waals surface area contributed by atoms with Crippen LogP contribution < -0.4 is 10.2 Å². The molecule has 0 saturated carbocycles. The fourth-order valence-electron chi connectivity index (χ4n) is 5.14. The van der Waals surface area contributed by atoms with E-state index in [0.717, 1.165) is 38.3 Å². The fourth-order valence-corrected chi connectivity index (χ4v) is 5.14. The number of hydrogen-bond acceptors (Lipinski definition) is 6. The monoisotopic (exact) mass is 458 g/mol. The van der Waals surface area contributed by atoms with Gasteiger partial charge < -0.3 is 29.9 Å². The van der Waals surface area contributed by atoms with E-state index in [0.29, 0.717) is 18.5 Å². The quantitative estimate of drug-likeness (QED) is 0.693. The van der Waals surface area contributed by atoms with Crippen molar-refractivity contribution in [2.45, 2.75) is 57.9 Å². The molecule has 1 aromatic carbocycles. The number of anilines is 1. The number of hydrogen-bond donors (Lipinski definition) is 2. The highest BCUT2D eigenvalue weighted by Gasteiger charge is 2.48. The third-order valence-electron chi connectivity index (χ3n) is 6.97. The van der Waals surface area contributed by atoms with Crippen LogP contribution in [0.1, 0.15) is 44.0 Å². The van der Waals surface area contributed by atoms with Crippen molar-refractivity contribution in [2.24, 2.45) is 5.41 Å². The van der Waals surface area contributed by atoms with Crippen LogP contribution in [0.25, 0.3) is 0 Å². The summed E-state index contributed by atoms with van der Waals surface area (Å²) in [6.07, 6.45) is 0.450. The van der Waals surface area contributed by atoms with Crippen molar-refractivity contribution in [3.05, 3.63) is 29.8 Å². The number of rotatable bonds is 5. The first-order valence-electron chi connectivity index (χ1n) is 12.1. The molecule has 8 nitrogen and oxygen atoms in total. The van der Waals surface area contributed by atoms with Crippen LogP contribution in [0.4, 0.5) is 5.69 Å². The van der Waals surface area contributed by atoms with Gasteiger partial charge in [0.2, 0.25) is 5.91 Å². The Labute approximate surface area is 196 Å². The minimum Gasteiger partial charge on any atom is -0.388 e. The molecule has 33 heavy (non-hydrogen) atoms. The average Bonchev–Trinajstić information content (AvgIpc) is 3.35. The molecule has 1 aromatic rings. The van der Waals surface area contributed by atoms with Crippen molar-refractivity contribution in [3.63, 3.8) is 0 Å². The highest BCUT2D eigenvalue weighted by atomic mass is 16.5. The zero-order valence-corrected chi connectivity index (χ0v) is 20.3. The van der Waals surface area contributed by atoms with Crippen LogP contribution in [0.15, 0.2) is 24.3 Å². The molecule has 0 bridgehead atoms. The second-order valence-electron chi connectivity index (χ2n) is 10.9. The Morgan fingerprint density at radius 1 is 1.12 bits per heavy atom. The molecule has 3 saturated heterocycles. The number of amides is 2. The first kappa shape index (κ1) is 24.0. The second-order valence-corrected chi connectivity index (χ2v) is 10.9. The molecular weight excluding hydrogens is 420 g/mol. The van der Waals surface area contributed by atoms with Gasteiger partial charge in [-0.05, 0) is 49.6 Å². The lowest BCUT2D eigenvalue weighted by Crippen LogP contribution is -2.54. The fraction of sp³-hybridized carbons (Fsp3) is 0.680. The van der Waals surface area contributed by atoms with Gasteiger partial charge in [-0.25, -0.2) is 0 Å². The average molecular weight is 459 g/mol. The molecule has 0 aliphatic carbocycles. The van der Waals surface area contributed by atoms with Gasteiger partial charge in [0.25, 0.3) is 5.91 Å². The zero-order chi connectivity index (χ0) is 23.8. The lowest BCUT2D eigenvalue weighted by atomic mass is 9.87. The van der Waals surface area contributed by atoms with Gasteiger partial charge in [0.05, 0.1) is 18.8 Å². The molecule has 4 rings (SSSR count). The van der Waals surface area contributed by atoms with E-state index in [-0.39, 0.29) is 36.0 Å². The number of ether oxygens (including phenoxy) is 1. The van der Waals surface area contributed by atoms with E-state index in [1.807, 2.05) is 24.3 Å². The predicted octanol–water partition coefficient (Wildman–Crippen LogP) is 1.33. The first-order chi connectivity index (χ1) is 15.6. The normalized spacial score (nSPS) is 26.9. The number of likely N-dealkylation sites (tertiary alicyclic amines) is 1. The number of carbonyl (C=O) groups excluding carboxylic acids is 2. The smallest absolute Gasteiger partial charge is 0.251 e. The molecule has 182 valence electrons. The van der Waals surface area contributed by atoms with Gasteiger partial charge in [-0.3, -0.25) is 9.59 Å². The van der Waals surface area contributed by atoms with Gasteiger partial charge in [-0.1, -0.05) is 20.8 Å². The molecule has 8 heteroatoms. The van der Waals surface area contributed by atoms with E-state index in [1.54, 1.807) is 4.90 Å². The van der Waals surface area contributed by atoms with Crippen LogP contribution in [0, 0.1) is 5.41 Å². The largest absolute Gasteiger partial charge is 0.388 e. The summed E-state index contributed by atoms with van der Waals surface area (Å²) < 4.78 is 5.63. The summed E-state index contributed by atoms with van der Waals surface area (Å²) in [7, 11) is 2.13. The standard InChI is InChI=1S/C25H38N4O4/c1-25(2,3)15-19(24(32)29-10-9-21-22(29)20(30)16-33-21)26-23(31)17-5-7-18(8-6-17)28-13-11-27(4)12-14-28/h5-8,19-22,30H,9-16H2,1-4H3,(H,26,31)/t19-,20-,21+,22+/m0/s1. The Kier molecular flexibility index (Phi) is 6.98. The lowest BCUT2D eigenvalue weighted by molar-refractivity contribution is -0.136. The molecule has 2 amide bonds. The van der Waals surface area contributed by atoms with Gasteiger partial charge in [0.1, 0.15) is 12.1 Å². The molecule has 0 aromatic heterocycles. The number of aliphatic hydroxyl groups is 1. The van der Waals surface area contributed by atoms with Gasteiger partial charge in [0, 0.05) is 44.0 Å². The van der Waals surface area contributed by atoms with Crippen molar-refractivity contribution in [1.82, 2.24) is 15.1 Å². The number of likely N-dealkylation sites (N-methyl/N-ethyl adjacent to an activating group) is 1. The first-order valence-corrected chi connectivity index (χ1v) is 12.1. The van der Waals surface area contributed by atoms with E-state index >= 15 is 0 Å². The van der Waals surface area contributed by atoms with Crippen LogP contribution in [0.2, 0.25) is 0 Å². The number of fused-ring (bicyclic) bond motifs is 1. The van der Waals surface area contributed by atoms with Gasteiger partial charge in [-0.15, -0.1) is 0 Å². The van der Waals surface area contributed by atoms with Crippen LogP contribution in [-0.4, -0.2) is 97.4 Å². The van der Waals surface area contributed by atoms with Crippen LogP contribution in [0.3, 0.4) is 0 Å². The molecule has 3 heterocycles. The van der Waals surface area contributed by atoms with Crippen molar-refractivity contribution < 1.29 is 19.4 Å². The third kappa shape index (κ3) is 5.50. The maximum absolute atomic E-state index is 13.5. The molecule has 3 aliphatic heterocycles. The van der Waals surface area contributed by atoms with Gasteiger partial charge in [-0.2, -0.15) is 0 Å². The second kappa shape index (κ2) is 9.60. The molecule has 3 fully saturated rings. The number of piperazine rings is 1. The van der Waals surface area contributed by atoms with Crippen molar-refractivity contribution >= 4 is 17.5 Å². The number of nitrogens with one attached hydrogen (secondary N) is 1. The maximum Gasteiger partial charge on any atom is 0.251 e. The molecular formula is C25H38N4O4. The molecule has 3 aliphatic rings. The molecule has 0 unspecified atom stereocenters. The van der Waals surface area contributed by atoms with Gasteiger partial charge in [0.15, 0.2) is 0 Å². The third-order valence-corrected chi connectivity index (χ3v) is 6.97. The molecule has 2 N–H and O–H groups in total. The summed E-state index contributed by atoms with van der Waals surface area (Å²) in [5.74, 6) is -0.383. The summed E-state index contributed by atoms with van der Waals surface area (Å²) in [5, 5.41) is 13.3. The summed E-state index contributed by atoms with van der Waals surface area (Å²) in [6, 6.07) is 6.67. The van der Waals surface area contributed by atoms with E-state index in [4.69, 9.17) is 4.74 Å². The molecule has 0 radical (unpaired) electrons. The zero-order valence-electron chi connectivity index (χ0n) is 20.3. The highest BCUT2D eigenvalue weighted by Crippen LogP contribution is 2.31. The topological polar surface area (TPSA) is 85.4 Å². The minimum absolute atomic E-state index is 0.114. The number of benzene rings is 1. The summed E-state index contributed by atoms with van der Waals surface area (Å²) in [4.78, 5) is 33.0. The number of aliphatic hydroxyl groups excluding tert-OH is 1. The number of nitrogens with zero attached hydrogens (tertiary/aromatic N) is 3. The van der Waals surface area contributed by atoms with E-state index in [1.165, 1.54) is 0 Å². The highest BCUT2D eigenvalue weighted by molar-refractivity contribution is 5.98. The van der Waals surface area contributed by atoms with Crippen LogP contribution in [-0.2, 0) is 9.53 Å². The molecule has 0 spiro atoms. The maximum atomic E-state index is 13.5. The molecule has 4 atom stereocenters. The van der Waals surface area contributed by atoms with Crippen molar-refractivity contribution in [3.8, 4) is 0 Å². The van der Waals surface area contributed by atoms with Crippen molar-refractivity contribution in [1.29, 1.82) is 0 Å².